The lowest BCUT2D eigenvalue weighted by Crippen LogP contribution is -2.49. The lowest BCUT2D eigenvalue weighted by molar-refractivity contribution is 0.246. The van der Waals surface area contributed by atoms with Crippen molar-refractivity contribution in [1.82, 2.24) is 15.1 Å². The lowest BCUT2D eigenvalue weighted by Gasteiger charge is -2.35. The molecular weight excluding hydrogens is 463 g/mol. The summed E-state index contributed by atoms with van der Waals surface area (Å²) in [4.78, 5) is 11.1. The van der Waals surface area contributed by atoms with Gasteiger partial charge in [0.1, 0.15) is 0 Å². The summed E-state index contributed by atoms with van der Waals surface area (Å²) in [5.74, 6) is 2.29. The van der Waals surface area contributed by atoms with Crippen molar-refractivity contribution in [3.8, 4) is 0 Å². The van der Waals surface area contributed by atoms with Gasteiger partial charge < -0.3 is 10.2 Å². The summed E-state index contributed by atoms with van der Waals surface area (Å²) in [5, 5.41) is 6.62. The van der Waals surface area contributed by atoms with Crippen LogP contribution in [-0.2, 0) is 0 Å². The fourth-order valence-electron chi connectivity index (χ4n) is 3.62. The minimum absolute atomic E-state index is 0. The molecule has 3 rings (SSSR count). The predicted molar refractivity (Wildman–Crippen MR) is 123 cm³/mol. The highest BCUT2D eigenvalue weighted by Crippen LogP contribution is 2.28. The fourth-order valence-corrected chi connectivity index (χ4v) is 5.66. The molecule has 1 aromatic heterocycles. The van der Waals surface area contributed by atoms with Crippen molar-refractivity contribution in [1.29, 1.82) is 0 Å². The molecule has 0 aliphatic carbocycles. The van der Waals surface area contributed by atoms with E-state index in [1.54, 1.807) is 0 Å². The first-order valence-corrected chi connectivity index (χ1v) is 11.1. The van der Waals surface area contributed by atoms with Gasteiger partial charge in [-0.25, -0.2) is 0 Å². The molecule has 7 heteroatoms. The summed E-state index contributed by atoms with van der Waals surface area (Å²) < 4.78 is 0. The van der Waals surface area contributed by atoms with Gasteiger partial charge in [0.05, 0.1) is 6.04 Å². The molecule has 2 aliphatic heterocycles. The van der Waals surface area contributed by atoms with Crippen LogP contribution in [-0.4, -0.2) is 66.5 Å². The van der Waals surface area contributed by atoms with Gasteiger partial charge in [0, 0.05) is 42.6 Å². The van der Waals surface area contributed by atoms with E-state index in [-0.39, 0.29) is 24.0 Å². The van der Waals surface area contributed by atoms with Crippen molar-refractivity contribution >= 4 is 53.0 Å². The van der Waals surface area contributed by atoms with Gasteiger partial charge in [0.15, 0.2) is 5.96 Å². The number of likely N-dealkylation sites (tertiary alicyclic amines) is 1. The van der Waals surface area contributed by atoms with Crippen LogP contribution in [0.25, 0.3) is 0 Å². The van der Waals surface area contributed by atoms with E-state index in [0.29, 0.717) is 6.04 Å². The van der Waals surface area contributed by atoms with Gasteiger partial charge in [0.2, 0.25) is 0 Å². The molecule has 0 saturated carbocycles. The molecule has 0 bridgehead atoms. The summed E-state index contributed by atoms with van der Waals surface area (Å²) >= 11 is 3.98. The number of rotatable bonds is 5. The number of aliphatic imine (C=N–C) groups is 1. The Balaban J connectivity index is 0.00000225. The topological polar surface area (TPSA) is 30.9 Å². The van der Waals surface area contributed by atoms with E-state index in [1.807, 2.05) is 18.4 Å². The van der Waals surface area contributed by atoms with E-state index in [2.05, 4.69) is 56.3 Å². The molecule has 3 heterocycles. The van der Waals surface area contributed by atoms with Gasteiger partial charge in [-0.1, -0.05) is 13.0 Å². The summed E-state index contributed by atoms with van der Waals surface area (Å²) in [6, 6.07) is 4.93. The molecule has 0 amide bonds. The van der Waals surface area contributed by atoms with Crippen LogP contribution >= 0.6 is 47.1 Å². The Kier molecular flexibility index (Phi) is 9.37. The first-order chi connectivity index (χ1) is 11.8. The van der Waals surface area contributed by atoms with Crippen molar-refractivity contribution in [3.05, 3.63) is 22.4 Å². The van der Waals surface area contributed by atoms with Crippen LogP contribution in [0.3, 0.4) is 0 Å². The van der Waals surface area contributed by atoms with Crippen molar-refractivity contribution < 1.29 is 0 Å². The summed E-state index contributed by atoms with van der Waals surface area (Å²) in [6.45, 7) is 7.91. The van der Waals surface area contributed by atoms with E-state index < -0.39 is 0 Å². The Bertz CT molecular complexity index is 517. The van der Waals surface area contributed by atoms with E-state index >= 15 is 0 Å². The Labute approximate surface area is 177 Å². The predicted octanol–water partition coefficient (Wildman–Crippen LogP) is 3.91. The molecule has 2 atom stereocenters. The average molecular weight is 495 g/mol. The van der Waals surface area contributed by atoms with Gasteiger partial charge in [-0.15, -0.1) is 35.3 Å². The Morgan fingerprint density at radius 2 is 2.16 bits per heavy atom. The number of thioether (sulfide) groups is 1. The smallest absolute Gasteiger partial charge is 0.193 e. The second kappa shape index (κ2) is 11.0. The summed E-state index contributed by atoms with van der Waals surface area (Å²) in [5.41, 5.74) is 0. The highest BCUT2D eigenvalue weighted by molar-refractivity contribution is 14.0. The first-order valence-electron chi connectivity index (χ1n) is 9.16. The maximum Gasteiger partial charge on any atom is 0.193 e. The quantitative estimate of drug-likeness (QED) is 0.382. The normalized spacial score (nSPS) is 23.4. The Morgan fingerprint density at radius 3 is 2.80 bits per heavy atom. The Hall–Kier alpha value is 0.01000. The zero-order valence-electron chi connectivity index (χ0n) is 15.3. The van der Waals surface area contributed by atoms with Crippen LogP contribution in [0.4, 0.5) is 0 Å². The largest absolute Gasteiger partial charge is 0.354 e. The SMILES string of the molecule is CCC1CN(C(=NC)NCC(c2cccs2)N2CCCC2)CCS1.I. The Morgan fingerprint density at radius 1 is 1.36 bits per heavy atom. The summed E-state index contributed by atoms with van der Waals surface area (Å²) in [6.07, 6.45) is 3.90. The number of hydrogen-bond donors (Lipinski definition) is 1. The first kappa shape index (κ1) is 21.3. The van der Waals surface area contributed by atoms with Gasteiger partial charge in [-0.2, -0.15) is 11.8 Å². The third-order valence-corrected chi connectivity index (χ3v) is 7.36. The van der Waals surface area contributed by atoms with E-state index in [4.69, 9.17) is 0 Å². The number of guanidine groups is 1. The molecule has 2 fully saturated rings. The van der Waals surface area contributed by atoms with Gasteiger partial charge in [-0.05, 0) is 43.8 Å². The lowest BCUT2D eigenvalue weighted by atomic mass is 10.2. The zero-order valence-corrected chi connectivity index (χ0v) is 19.3. The van der Waals surface area contributed by atoms with Crippen molar-refractivity contribution in [2.45, 2.75) is 37.5 Å². The maximum absolute atomic E-state index is 4.57. The molecule has 1 N–H and O–H groups in total. The van der Waals surface area contributed by atoms with Crippen molar-refractivity contribution in [3.63, 3.8) is 0 Å². The number of thiophene rings is 1. The molecule has 0 radical (unpaired) electrons. The third-order valence-electron chi connectivity index (χ3n) is 5.01. The molecule has 2 unspecified atom stereocenters. The van der Waals surface area contributed by atoms with E-state index in [9.17, 15) is 0 Å². The van der Waals surface area contributed by atoms with Crippen LogP contribution in [0, 0.1) is 0 Å². The van der Waals surface area contributed by atoms with Gasteiger partial charge in [0.25, 0.3) is 0 Å². The van der Waals surface area contributed by atoms with Crippen LogP contribution in [0.5, 0.6) is 0 Å². The number of hydrogen-bond acceptors (Lipinski definition) is 4. The molecule has 1 aromatic rings. The monoisotopic (exact) mass is 494 g/mol. The van der Waals surface area contributed by atoms with Gasteiger partial charge in [-0.3, -0.25) is 9.89 Å². The van der Waals surface area contributed by atoms with Crippen LogP contribution in [0.2, 0.25) is 0 Å². The van der Waals surface area contributed by atoms with Crippen LogP contribution < -0.4 is 5.32 Å². The molecule has 4 nitrogen and oxygen atoms in total. The summed E-state index contributed by atoms with van der Waals surface area (Å²) in [7, 11) is 1.92. The minimum atomic E-state index is 0. The number of nitrogens with one attached hydrogen (secondary N) is 1. The second-order valence-corrected chi connectivity index (χ2v) is 8.94. The molecular formula is C18H31IN4S2. The minimum Gasteiger partial charge on any atom is -0.354 e. The van der Waals surface area contributed by atoms with E-state index in [0.717, 1.165) is 30.8 Å². The van der Waals surface area contributed by atoms with Crippen LogP contribution in [0.1, 0.15) is 37.1 Å². The molecule has 25 heavy (non-hydrogen) atoms. The zero-order chi connectivity index (χ0) is 16.8. The highest BCUT2D eigenvalue weighted by atomic mass is 127. The molecule has 2 aliphatic rings. The molecule has 2 saturated heterocycles. The molecule has 0 aromatic carbocycles. The third kappa shape index (κ3) is 5.74. The standard InChI is InChI=1S/C18H30N4S2.HI/c1-3-15-14-22(10-12-23-15)18(19-2)20-13-16(17-7-6-11-24-17)21-8-4-5-9-21;/h6-7,11,15-16H,3-5,8-10,12-14H2,1-2H3,(H,19,20);1H. The van der Waals surface area contributed by atoms with Crippen molar-refractivity contribution in [2.24, 2.45) is 4.99 Å². The maximum atomic E-state index is 4.57. The second-order valence-electron chi connectivity index (χ2n) is 6.55. The fraction of sp³-hybridized carbons (Fsp3) is 0.722. The van der Waals surface area contributed by atoms with E-state index in [1.165, 1.54) is 43.0 Å². The molecule has 142 valence electrons. The van der Waals surface area contributed by atoms with Gasteiger partial charge >= 0.3 is 0 Å². The average Bonchev–Trinajstić information content (AvgIpc) is 3.33. The number of halogens is 1. The molecule has 0 spiro atoms. The number of nitrogens with zero attached hydrogens (tertiary/aromatic N) is 3. The van der Waals surface area contributed by atoms with Crippen LogP contribution in [0.15, 0.2) is 22.5 Å². The highest BCUT2D eigenvalue weighted by Gasteiger charge is 2.26. The van der Waals surface area contributed by atoms with Crippen molar-refractivity contribution in [2.75, 3.05) is 45.5 Å².